The first kappa shape index (κ1) is 26.2. The van der Waals surface area contributed by atoms with Crippen molar-refractivity contribution in [3.8, 4) is 5.75 Å². The molecule has 3 aromatic rings. The zero-order valence-corrected chi connectivity index (χ0v) is 21.9. The van der Waals surface area contributed by atoms with E-state index in [4.69, 9.17) is 9.26 Å². The van der Waals surface area contributed by atoms with Crippen LogP contribution in [0.2, 0.25) is 0 Å². The Morgan fingerprint density at radius 2 is 1.76 bits per heavy atom. The highest BCUT2D eigenvalue weighted by Crippen LogP contribution is 2.24. The molecule has 0 aliphatic carbocycles. The van der Waals surface area contributed by atoms with E-state index in [1.165, 1.54) is 0 Å². The number of carbonyl (C=O) groups excluding carboxylic acids is 2. The average molecular weight is 507 g/mol. The van der Waals surface area contributed by atoms with E-state index in [9.17, 15) is 9.59 Å². The predicted octanol–water partition coefficient (Wildman–Crippen LogP) is 5.12. The van der Waals surface area contributed by atoms with E-state index in [0.717, 1.165) is 19.5 Å². The van der Waals surface area contributed by atoms with Gasteiger partial charge in [0.15, 0.2) is 5.82 Å². The smallest absolute Gasteiger partial charge is 0.324 e. The molecule has 1 aromatic carbocycles. The number of hydrogen-bond donors (Lipinski definition) is 3. The van der Waals surface area contributed by atoms with Gasteiger partial charge in [-0.2, -0.15) is 0 Å². The summed E-state index contributed by atoms with van der Waals surface area (Å²) in [6, 6.07) is 11.9. The number of likely N-dealkylation sites (tertiary alicyclic amines) is 1. The van der Waals surface area contributed by atoms with Crippen molar-refractivity contribution >= 4 is 29.1 Å². The molecule has 4 rings (SSSR count). The second kappa shape index (κ2) is 11.0. The summed E-state index contributed by atoms with van der Waals surface area (Å²) in [6.07, 6.45) is 2.69. The molecule has 1 unspecified atom stereocenters. The predicted molar refractivity (Wildman–Crippen MR) is 142 cm³/mol. The van der Waals surface area contributed by atoms with Crippen LogP contribution in [0.1, 0.15) is 57.3 Å². The lowest BCUT2D eigenvalue weighted by molar-refractivity contribution is 0.102. The van der Waals surface area contributed by atoms with E-state index in [1.54, 1.807) is 48.7 Å². The summed E-state index contributed by atoms with van der Waals surface area (Å²) < 4.78 is 11.3. The maximum atomic E-state index is 12.6. The molecule has 10 heteroatoms. The number of anilines is 3. The molecule has 3 amide bonds. The van der Waals surface area contributed by atoms with Gasteiger partial charge in [-0.15, -0.1) is 0 Å². The summed E-state index contributed by atoms with van der Waals surface area (Å²) in [6.45, 7) is 12.3. The number of ether oxygens (including phenoxy) is 1. The number of pyridine rings is 1. The van der Waals surface area contributed by atoms with Gasteiger partial charge in [-0.3, -0.25) is 15.0 Å². The van der Waals surface area contributed by atoms with Crippen molar-refractivity contribution in [3.63, 3.8) is 0 Å². The van der Waals surface area contributed by atoms with Crippen LogP contribution in [0.25, 0.3) is 0 Å². The van der Waals surface area contributed by atoms with Crippen LogP contribution in [-0.2, 0) is 5.41 Å². The third-order valence-corrected chi connectivity index (χ3v) is 6.07. The lowest BCUT2D eigenvalue weighted by Crippen LogP contribution is -2.30. The monoisotopic (exact) mass is 506 g/mol. The first-order chi connectivity index (χ1) is 17.6. The second-order valence-corrected chi connectivity index (χ2v) is 10.4. The van der Waals surface area contributed by atoms with Crippen LogP contribution >= 0.6 is 0 Å². The Balaban J connectivity index is 1.26. The number of rotatable bonds is 7. The van der Waals surface area contributed by atoms with Crippen molar-refractivity contribution in [2.24, 2.45) is 0 Å². The van der Waals surface area contributed by atoms with Gasteiger partial charge in [-0.25, -0.2) is 9.78 Å². The number of hydrogen-bond acceptors (Lipinski definition) is 7. The van der Waals surface area contributed by atoms with Crippen LogP contribution in [0, 0.1) is 0 Å². The SMILES string of the molecule is CC(C)N1CCC(Oc2ccc(C(=O)Nc3ccc(NC(=O)Nc4cc(C(C)(C)C)on4)cc3)nc2)C1. The zero-order valence-electron chi connectivity index (χ0n) is 21.9. The number of nitrogens with zero attached hydrogens (tertiary/aromatic N) is 3. The van der Waals surface area contributed by atoms with E-state index < -0.39 is 6.03 Å². The first-order valence-electron chi connectivity index (χ1n) is 12.4. The van der Waals surface area contributed by atoms with E-state index >= 15 is 0 Å². The molecule has 37 heavy (non-hydrogen) atoms. The fourth-order valence-electron chi connectivity index (χ4n) is 3.89. The highest BCUT2D eigenvalue weighted by atomic mass is 16.5. The summed E-state index contributed by atoms with van der Waals surface area (Å²) in [5, 5.41) is 12.0. The van der Waals surface area contributed by atoms with Gasteiger partial charge in [-0.05, 0) is 56.7 Å². The van der Waals surface area contributed by atoms with Gasteiger partial charge in [-0.1, -0.05) is 25.9 Å². The van der Waals surface area contributed by atoms with Gasteiger partial charge >= 0.3 is 6.03 Å². The lowest BCUT2D eigenvalue weighted by Gasteiger charge is -2.20. The molecule has 1 fully saturated rings. The minimum absolute atomic E-state index is 0.134. The molecular weight excluding hydrogens is 472 g/mol. The Morgan fingerprint density at radius 1 is 1.05 bits per heavy atom. The summed E-state index contributed by atoms with van der Waals surface area (Å²) in [5.41, 5.74) is 1.20. The molecule has 196 valence electrons. The van der Waals surface area contributed by atoms with Crippen LogP contribution in [0.15, 0.2) is 53.2 Å². The number of amides is 3. The molecule has 3 N–H and O–H groups in total. The van der Waals surface area contributed by atoms with Gasteiger partial charge in [0.1, 0.15) is 23.3 Å². The van der Waals surface area contributed by atoms with Gasteiger partial charge in [0.25, 0.3) is 5.91 Å². The molecule has 0 spiro atoms. The molecule has 0 saturated carbocycles. The minimum atomic E-state index is -0.452. The van der Waals surface area contributed by atoms with Crippen LogP contribution in [0.3, 0.4) is 0 Å². The Kier molecular flexibility index (Phi) is 7.77. The highest BCUT2D eigenvalue weighted by molar-refractivity contribution is 6.03. The van der Waals surface area contributed by atoms with E-state index in [-0.39, 0.29) is 23.1 Å². The van der Waals surface area contributed by atoms with Gasteiger partial charge in [0.2, 0.25) is 0 Å². The maximum Gasteiger partial charge on any atom is 0.324 e. The van der Waals surface area contributed by atoms with Gasteiger partial charge < -0.3 is 19.9 Å². The quantitative estimate of drug-likeness (QED) is 0.406. The number of nitrogens with one attached hydrogen (secondary N) is 3. The fourth-order valence-corrected chi connectivity index (χ4v) is 3.89. The van der Waals surface area contributed by atoms with Crippen molar-refractivity contribution in [1.82, 2.24) is 15.0 Å². The molecule has 3 heterocycles. The summed E-state index contributed by atoms with van der Waals surface area (Å²) in [4.78, 5) is 31.5. The van der Waals surface area contributed by atoms with Crippen LogP contribution < -0.4 is 20.7 Å². The summed E-state index contributed by atoms with van der Waals surface area (Å²) in [5.74, 6) is 1.32. The zero-order chi connectivity index (χ0) is 26.6. The molecule has 2 aromatic heterocycles. The third-order valence-electron chi connectivity index (χ3n) is 6.07. The van der Waals surface area contributed by atoms with E-state index in [2.05, 4.69) is 44.8 Å². The lowest BCUT2D eigenvalue weighted by atomic mass is 9.93. The van der Waals surface area contributed by atoms with Crippen LogP contribution in [0.5, 0.6) is 5.75 Å². The second-order valence-electron chi connectivity index (χ2n) is 10.4. The molecule has 1 atom stereocenters. The van der Waals surface area contributed by atoms with Crippen molar-refractivity contribution in [1.29, 1.82) is 0 Å². The molecule has 0 radical (unpaired) electrons. The standard InChI is InChI=1S/C27H34N6O4/c1-17(2)33-13-12-21(16-33)36-20-10-11-22(28-15-20)25(34)29-18-6-8-19(9-7-18)30-26(35)31-24-14-23(37-32-24)27(3,4)5/h6-11,14-15,17,21H,12-13,16H2,1-5H3,(H,29,34)(H2,30,31,32,35). The Hall–Kier alpha value is -3.92. The van der Waals surface area contributed by atoms with Crippen molar-refractivity contribution in [2.75, 3.05) is 29.0 Å². The van der Waals surface area contributed by atoms with E-state index in [0.29, 0.717) is 34.7 Å². The van der Waals surface area contributed by atoms with Gasteiger partial charge in [0, 0.05) is 42.0 Å². The maximum absolute atomic E-state index is 12.6. The topological polar surface area (TPSA) is 122 Å². The molecule has 1 saturated heterocycles. The minimum Gasteiger partial charge on any atom is -0.487 e. The number of urea groups is 1. The highest BCUT2D eigenvalue weighted by Gasteiger charge is 2.25. The molecule has 1 aliphatic rings. The van der Waals surface area contributed by atoms with Crippen molar-refractivity contribution in [3.05, 3.63) is 60.1 Å². The third kappa shape index (κ3) is 7.07. The molecule has 1 aliphatic heterocycles. The Morgan fingerprint density at radius 3 is 2.32 bits per heavy atom. The van der Waals surface area contributed by atoms with Crippen LogP contribution in [-0.4, -0.2) is 52.2 Å². The Labute approximate surface area is 216 Å². The van der Waals surface area contributed by atoms with Gasteiger partial charge in [0.05, 0.1) is 6.20 Å². The number of carbonyl (C=O) groups is 2. The molecule has 0 bridgehead atoms. The number of aromatic nitrogens is 2. The van der Waals surface area contributed by atoms with E-state index in [1.807, 2.05) is 20.8 Å². The largest absolute Gasteiger partial charge is 0.487 e. The fraction of sp³-hybridized carbons (Fsp3) is 0.407. The van der Waals surface area contributed by atoms with Crippen molar-refractivity contribution < 1.29 is 18.8 Å². The number of benzene rings is 1. The van der Waals surface area contributed by atoms with Crippen LogP contribution in [0.4, 0.5) is 22.0 Å². The Bertz CT molecular complexity index is 1210. The molecular formula is C27H34N6O4. The summed E-state index contributed by atoms with van der Waals surface area (Å²) >= 11 is 0. The van der Waals surface area contributed by atoms with Crippen molar-refractivity contribution in [2.45, 2.75) is 58.6 Å². The molecule has 10 nitrogen and oxygen atoms in total. The average Bonchev–Trinajstić information content (AvgIpc) is 3.51. The first-order valence-corrected chi connectivity index (χ1v) is 12.4. The normalized spacial score (nSPS) is 16.0. The summed E-state index contributed by atoms with van der Waals surface area (Å²) in [7, 11) is 0.